The van der Waals surface area contributed by atoms with Crippen molar-refractivity contribution in [2.45, 2.75) is 0 Å². The van der Waals surface area contributed by atoms with Crippen LogP contribution in [0.15, 0.2) is 119 Å². The maximum Gasteiger partial charge on any atom is 0.0864 e. The molecule has 3 nitrogen and oxygen atoms in total. The summed E-state index contributed by atoms with van der Waals surface area (Å²) in [5, 5.41) is 3.49. The molecule has 29 heavy (non-hydrogen) atoms. The summed E-state index contributed by atoms with van der Waals surface area (Å²) in [4.78, 5) is 9.34. The van der Waals surface area contributed by atoms with E-state index in [4.69, 9.17) is 0 Å². The molecule has 0 aliphatic carbocycles. The average Bonchev–Trinajstić information content (AvgIpc) is 2.79. The van der Waals surface area contributed by atoms with Gasteiger partial charge in [-0.05, 0) is 35.4 Å². The second-order valence-electron chi connectivity index (χ2n) is 6.50. The fourth-order valence-corrected chi connectivity index (χ4v) is 2.90. The Labute approximate surface area is 171 Å². The molecule has 1 N–H and O–H groups in total. The molecule has 0 saturated carbocycles. The van der Waals surface area contributed by atoms with Crippen LogP contribution in [0.2, 0.25) is 0 Å². The fraction of sp³-hybridized carbons (Fsp3) is 0. The van der Waals surface area contributed by atoms with Crippen LogP contribution in [-0.2, 0) is 0 Å². The van der Waals surface area contributed by atoms with Gasteiger partial charge in [0.25, 0.3) is 0 Å². The van der Waals surface area contributed by atoms with Gasteiger partial charge in [0.05, 0.1) is 22.7 Å². The van der Waals surface area contributed by atoms with Crippen LogP contribution < -0.4 is 5.32 Å². The van der Waals surface area contributed by atoms with Gasteiger partial charge in [-0.2, -0.15) is 0 Å². The zero-order valence-corrected chi connectivity index (χ0v) is 15.9. The van der Waals surface area contributed by atoms with Crippen LogP contribution in [-0.4, -0.2) is 12.4 Å². The van der Waals surface area contributed by atoms with E-state index in [0.717, 1.165) is 33.9 Å². The summed E-state index contributed by atoms with van der Waals surface area (Å²) in [6.07, 6.45) is 3.75. The topological polar surface area (TPSA) is 36.8 Å². The van der Waals surface area contributed by atoms with E-state index in [1.807, 2.05) is 122 Å². The molecular weight excluding hydrogens is 354 g/mol. The van der Waals surface area contributed by atoms with Crippen LogP contribution in [0, 0.1) is 0 Å². The predicted molar refractivity (Wildman–Crippen MR) is 124 cm³/mol. The summed E-state index contributed by atoms with van der Waals surface area (Å²) >= 11 is 0. The fourth-order valence-electron chi connectivity index (χ4n) is 2.90. The lowest BCUT2D eigenvalue weighted by atomic mass is 10.2. The molecule has 0 aliphatic rings. The Hall–Kier alpha value is -3.98. The highest BCUT2D eigenvalue weighted by atomic mass is 14.9. The summed E-state index contributed by atoms with van der Waals surface area (Å²) in [7, 11) is 0. The summed E-state index contributed by atoms with van der Waals surface area (Å²) in [5.74, 6) is 0. The molecule has 0 spiro atoms. The highest BCUT2D eigenvalue weighted by molar-refractivity contribution is 5.87. The Morgan fingerprint density at radius 2 is 0.828 bits per heavy atom. The zero-order valence-electron chi connectivity index (χ0n) is 15.9. The lowest BCUT2D eigenvalue weighted by Gasteiger charge is -2.11. The van der Waals surface area contributed by atoms with E-state index in [1.165, 1.54) is 0 Å². The number of nitrogens with one attached hydrogen (secondary N) is 1. The summed E-state index contributed by atoms with van der Waals surface area (Å²) in [5.41, 5.74) is 5.74. The second kappa shape index (κ2) is 9.29. The van der Waals surface area contributed by atoms with E-state index in [0.29, 0.717) is 0 Å². The lowest BCUT2D eigenvalue weighted by molar-refractivity contribution is 1.45. The minimum Gasteiger partial charge on any atom is -0.352 e. The van der Waals surface area contributed by atoms with E-state index in [-0.39, 0.29) is 0 Å². The summed E-state index contributed by atoms with van der Waals surface area (Å²) in [6, 6.07) is 36.2. The summed E-state index contributed by atoms with van der Waals surface area (Å²) in [6.45, 7) is 0. The monoisotopic (exact) mass is 375 g/mol. The maximum atomic E-state index is 4.67. The first kappa shape index (κ1) is 18.4. The third kappa shape index (κ3) is 5.05. The van der Waals surface area contributed by atoms with Crippen LogP contribution in [0.5, 0.6) is 0 Å². The third-order valence-electron chi connectivity index (χ3n) is 4.38. The van der Waals surface area contributed by atoms with Crippen molar-refractivity contribution in [1.29, 1.82) is 0 Å². The number of hydrogen-bond acceptors (Lipinski definition) is 3. The summed E-state index contributed by atoms with van der Waals surface area (Å²) < 4.78 is 0. The SMILES string of the molecule is C(=Nc1ccccc1Nc1ccccc1N=Cc1ccccc1)c1ccccc1. The lowest BCUT2D eigenvalue weighted by Crippen LogP contribution is -1.92. The van der Waals surface area contributed by atoms with Crippen LogP contribution in [0.3, 0.4) is 0 Å². The molecule has 3 heteroatoms. The van der Waals surface area contributed by atoms with Crippen molar-refractivity contribution in [3.05, 3.63) is 120 Å². The molecule has 0 saturated heterocycles. The van der Waals surface area contributed by atoms with E-state index >= 15 is 0 Å². The standard InChI is InChI=1S/C26H21N3/c1-3-11-21(12-4-1)19-27-23-15-7-9-17-25(23)29-26-18-10-8-16-24(26)28-20-22-13-5-2-6-14-22/h1-20,29H. The Morgan fingerprint density at radius 1 is 0.448 bits per heavy atom. The van der Waals surface area contributed by atoms with Crippen molar-refractivity contribution < 1.29 is 0 Å². The highest BCUT2D eigenvalue weighted by Gasteiger charge is 2.04. The van der Waals surface area contributed by atoms with Crippen molar-refractivity contribution in [3.8, 4) is 0 Å². The molecule has 0 aliphatic heterocycles. The molecule has 4 aromatic rings. The Bertz CT molecular complexity index is 1030. The van der Waals surface area contributed by atoms with Crippen molar-refractivity contribution in [2.24, 2.45) is 9.98 Å². The molecule has 4 aromatic carbocycles. The van der Waals surface area contributed by atoms with E-state index < -0.39 is 0 Å². The number of nitrogens with zero attached hydrogens (tertiary/aromatic N) is 2. The van der Waals surface area contributed by atoms with Crippen molar-refractivity contribution >= 4 is 35.2 Å². The average molecular weight is 375 g/mol. The third-order valence-corrected chi connectivity index (χ3v) is 4.38. The van der Waals surface area contributed by atoms with Crippen LogP contribution in [0.1, 0.15) is 11.1 Å². The molecule has 140 valence electrons. The maximum absolute atomic E-state index is 4.67. The van der Waals surface area contributed by atoms with Gasteiger partial charge in [0.2, 0.25) is 0 Å². The van der Waals surface area contributed by atoms with E-state index in [1.54, 1.807) is 0 Å². The molecule has 0 radical (unpaired) electrons. The second-order valence-corrected chi connectivity index (χ2v) is 6.50. The quantitative estimate of drug-likeness (QED) is 0.364. The van der Waals surface area contributed by atoms with Crippen LogP contribution in [0.25, 0.3) is 0 Å². The van der Waals surface area contributed by atoms with E-state index in [2.05, 4.69) is 15.3 Å². The number of benzene rings is 4. The molecule has 0 aromatic heterocycles. The Morgan fingerprint density at radius 3 is 1.28 bits per heavy atom. The van der Waals surface area contributed by atoms with Crippen molar-refractivity contribution in [2.75, 3.05) is 5.32 Å². The number of rotatable bonds is 6. The van der Waals surface area contributed by atoms with Gasteiger partial charge in [-0.15, -0.1) is 0 Å². The van der Waals surface area contributed by atoms with Gasteiger partial charge in [-0.1, -0.05) is 84.9 Å². The first-order valence-corrected chi connectivity index (χ1v) is 9.52. The van der Waals surface area contributed by atoms with E-state index in [9.17, 15) is 0 Å². The van der Waals surface area contributed by atoms with Crippen molar-refractivity contribution in [1.82, 2.24) is 0 Å². The smallest absolute Gasteiger partial charge is 0.0864 e. The molecule has 0 unspecified atom stereocenters. The van der Waals surface area contributed by atoms with Gasteiger partial charge < -0.3 is 5.32 Å². The molecule has 4 rings (SSSR count). The number of anilines is 2. The Balaban J connectivity index is 1.59. The molecule has 0 fully saturated rings. The van der Waals surface area contributed by atoms with Gasteiger partial charge >= 0.3 is 0 Å². The zero-order chi connectivity index (χ0) is 19.7. The molecule has 0 amide bonds. The number of para-hydroxylation sites is 4. The van der Waals surface area contributed by atoms with Gasteiger partial charge in [0, 0.05) is 12.4 Å². The largest absolute Gasteiger partial charge is 0.352 e. The van der Waals surface area contributed by atoms with Gasteiger partial charge in [-0.3, -0.25) is 9.98 Å². The molecule has 0 atom stereocenters. The van der Waals surface area contributed by atoms with Crippen molar-refractivity contribution in [3.63, 3.8) is 0 Å². The highest BCUT2D eigenvalue weighted by Crippen LogP contribution is 2.32. The minimum absolute atomic E-state index is 0.873. The predicted octanol–water partition coefficient (Wildman–Crippen LogP) is 6.93. The molecule has 0 heterocycles. The molecular formula is C26H21N3. The first-order valence-electron chi connectivity index (χ1n) is 9.52. The van der Waals surface area contributed by atoms with Gasteiger partial charge in [-0.25, -0.2) is 0 Å². The number of hydrogen-bond donors (Lipinski definition) is 1. The minimum atomic E-state index is 0.873. The van der Waals surface area contributed by atoms with Gasteiger partial charge in [0.15, 0.2) is 0 Å². The van der Waals surface area contributed by atoms with Crippen LogP contribution >= 0.6 is 0 Å². The Kier molecular flexibility index (Phi) is 5.89. The number of aliphatic imine (C=N–C) groups is 2. The first-order chi connectivity index (χ1) is 14.4. The van der Waals surface area contributed by atoms with Gasteiger partial charge in [0.1, 0.15) is 0 Å². The van der Waals surface area contributed by atoms with Crippen LogP contribution in [0.4, 0.5) is 22.7 Å². The normalized spacial score (nSPS) is 11.2. The molecule has 0 bridgehead atoms.